The molecule has 0 unspecified atom stereocenters. The molecule has 0 radical (unpaired) electrons. The maximum atomic E-state index is 12.6. The SMILES string of the molecule is CC(C)C(=O)Nc1ccc(S(=O)(=O)NCC2CCN(C(=O)/C=C/c3ccco3)CC2)cc1. The Balaban J connectivity index is 1.46. The number of likely N-dealkylation sites (tertiary alicyclic amines) is 1. The lowest BCUT2D eigenvalue weighted by Crippen LogP contribution is -2.40. The van der Waals surface area contributed by atoms with E-state index in [1.807, 2.05) is 0 Å². The third-order valence-corrected chi connectivity index (χ3v) is 6.82. The lowest BCUT2D eigenvalue weighted by molar-refractivity contribution is -0.127. The van der Waals surface area contributed by atoms with Gasteiger partial charge < -0.3 is 14.6 Å². The fourth-order valence-corrected chi connectivity index (χ4v) is 4.43. The van der Waals surface area contributed by atoms with Crippen LogP contribution in [0.15, 0.2) is 58.1 Å². The van der Waals surface area contributed by atoms with Crippen molar-refractivity contribution in [2.75, 3.05) is 25.0 Å². The summed E-state index contributed by atoms with van der Waals surface area (Å²) >= 11 is 0. The third kappa shape index (κ3) is 6.54. The van der Waals surface area contributed by atoms with Crippen LogP contribution in [0.25, 0.3) is 6.08 Å². The van der Waals surface area contributed by atoms with E-state index in [0.29, 0.717) is 31.1 Å². The molecule has 0 spiro atoms. The minimum absolute atomic E-state index is 0.0786. The van der Waals surface area contributed by atoms with E-state index in [1.165, 1.54) is 18.2 Å². The van der Waals surface area contributed by atoms with E-state index in [4.69, 9.17) is 4.42 Å². The Hall–Kier alpha value is -2.91. The molecule has 2 amide bonds. The molecule has 1 aliphatic rings. The van der Waals surface area contributed by atoms with E-state index in [9.17, 15) is 18.0 Å². The summed E-state index contributed by atoms with van der Waals surface area (Å²) in [5, 5.41) is 2.74. The number of piperidine rings is 1. The van der Waals surface area contributed by atoms with Gasteiger partial charge in [-0.15, -0.1) is 0 Å². The lowest BCUT2D eigenvalue weighted by Gasteiger charge is -2.31. The van der Waals surface area contributed by atoms with Crippen molar-refractivity contribution >= 4 is 33.6 Å². The van der Waals surface area contributed by atoms with Crippen molar-refractivity contribution in [1.29, 1.82) is 0 Å². The van der Waals surface area contributed by atoms with Crippen LogP contribution < -0.4 is 10.0 Å². The highest BCUT2D eigenvalue weighted by molar-refractivity contribution is 7.89. The molecular weight excluding hydrogens is 430 g/mol. The van der Waals surface area contributed by atoms with Crippen molar-refractivity contribution in [2.45, 2.75) is 31.6 Å². The minimum Gasteiger partial charge on any atom is -0.465 e. The number of nitrogens with one attached hydrogen (secondary N) is 2. The van der Waals surface area contributed by atoms with Gasteiger partial charge in [-0.05, 0) is 61.2 Å². The molecule has 0 saturated carbocycles. The molecule has 172 valence electrons. The molecule has 0 aliphatic carbocycles. The fraction of sp³-hybridized carbons (Fsp3) is 0.391. The maximum Gasteiger partial charge on any atom is 0.246 e. The van der Waals surface area contributed by atoms with Crippen LogP contribution in [0.3, 0.4) is 0 Å². The summed E-state index contributed by atoms with van der Waals surface area (Å²) in [4.78, 5) is 26.0. The number of hydrogen-bond acceptors (Lipinski definition) is 5. The lowest BCUT2D eigenvalue weighted by atomic mass is 9.97. The van der Waals surface area contributed by atoms with Crippen LogP contribution >= 0.6 is 0 Å². The number of nitrogens with zero attached hydrogens (tertiary/aromatic N) is 1. The molecule has 9 heteroatoms. The second-order valence-electron chi connectivity index (χ2n) is 8.14. The van der Waals surface area contributed by atoms with E-state index in [-0.39, 0.29) is 28.5 Å². The molecule has 3 rings (SSSR count). The quantitative estimate of drug-likeness (QED) is 0.590. The Labute approximate surface area is 188 Å². The van der Waals surface area contributed by atoms with Crippen molar-refractivity contribution in [3.8, 4) is 0 Å². The number of amides is 2. The molecule has 1 aliphatic heterocycles. The molecule has 2 aromatic rings. The highest BCUT2D eigenvalue weighted by Crippen LogP contribution is 2.19. The first-order valence-electron chi connectivity index (χ1n) is 10.7. The largest absolute Gasteiger partial charge is 0.465 e. The summed E-state index contributed by atoms with van der Waals surface area (Å²) in [5.74, 6) is 0.421. The first kappa shape index (κ1) is 23.7. The van der Waals surface area contributed by atoms with Crippen molar-refractivity contribution in [2.24, 2.45) is 11.8 Å². The van der Waals surface area contributed by atoms with Gasteiger partial charge in [0.25, 0.3) is 0 Å². The van der Waals surface area contributed by atoms with Crippen LogP contribution in [0.2, 0.25) is 0 Å². The van der Waals surface area contributed by atoms with E-state index in [0.717, 1.165) is 12.8 Å². The molecule has 2 heterocycles. The molecule has 32 heavy (non-hydrogen) atoms. The predicted molar refractivity (Wildman–Crippen MR) is 122 cm³/mol. The first-order chi connectivity index (χ1) is 15.2. The summed E-state index contributed by atoms with van der Waals surface area (Å²) in [7, 11) is -3.65. The molecule has 1 saturated heterocycles. The zero-order chi connectivity index (χ0) is 23.1. The monoisotopic (exact) mass is 459 g/mol. The van der Waals surface area contributed by atoms with Gasteiger partial charge in [-0.3, -0.25) is 9.59 Å². The van der Waals surface area contributed by atoms with Crippen molar-refractivity contribution in [3.05, 3.63) is 54.5 Å². The summed E-state index contributed by atoms with van der Waals surface area (Å²) in [6.45, 7) is 5.06. The van der Waals surface area contributed by atoms with Crippen LogP contribution in [-0.2, 0) is 19.6 Å². The van der Waals surface area contributed by atoms with E-state index >= 15 is 0 Å². The number of furan rings is 1. The van der Waals surface area contributed by atoms with Gasteiger partial charge in [-0.1, -0.05) is 13.8 Å². The van der Waals surface area contributed by atoms with Gasteiger partial charge in [-0.2, -0.15) is 0 Å². The molecule has 1 aromatic carbocycles. The number of benzene rings is 1. The van der Waals surface area contributed by atoms with Gasteiger partial charge in [0.05, 0.1) is 11.2 Å². The van der Waals surface area contributed by atoms with Gasteiger partial charge in [0.1, 0.15) is 5.76 Å². The number of rotatable bonds is 8. The molecule has 0 bridgehead atoms. The highest BCUT2D eigenvalue weighted by atomic mass is 32.2. The summed E-state index contributed by atoms with van der Waals surface area (Å²) in [6.07, 6.45) is 6.14. The molecular formula is C23H29N3O5S. The van der Waals surface area contributed by atoms with Crippen molar-refractivity contribution in [1.82, 2.24) is 9.62 Å². The Morgan fingerprint density at radius 2 is 1.84 bits per heavy atom. The van der Waals surface area contributed by atoms with Gasteiger partial charge in [0, 0.05) is 37.3 Å². The highest BCUT2D eigenvalue weighted by Gasteiger charge is 2.23. The third-order valence-electron chi connectivity index (χ3n) is 5.38. The Morgan fingerprint density at radius 3 is 2.44 bits per heavy atom. The Morgan fingerprint density at radius 1 is 1.16 bits per heavy atom. The number of anilines is 1. The van der Waals surface area contributed by atoms with Gasteiger partial charge in [0.15, 0.2) is 0 Å². The van der Waals surface area contributed by atoms with Gasteiger partial charge in [-0.25, -0.2) is 13.1 Å². The predicted octanol–water partition coefficient (Wildman–Crippen LogP) is 3.10. The van der Waals surface area contributed by atoms with E-state index in [1.54, 1.807) is 55.4 Å². The van der Waals surface area contributed by atoms with Crippen LogP contribution in [-0.4, -0.2) is 44.8 Å². The number of sulfonamides is 1. The van der Waals surface area contributed by atoms with Crippen LogP contribution in [0.1, 0.15) is 32.4 Å². The number of carbonyl (C=O) groups excluding carboxylic acids is 2. The van der Waals surface area contributed by atoms with Crippen LogP contribution in [0.4, 0.5) is 5.69 Å². The molecule has 2 N–H and O–H groups in total. The molecule has 1 fully saturated rings. The Bertz CT molecular complexity index is 1040. The van der Waals surface area contributed by atoms with Gasteiger partial charge in [0.2, 0.25) is 21.8 Å². The zero-order valence-electron chi connectivity index (χ0n) is 18.3. The van der Waals surface area contributed by atoms with E-state index < -0.39 is 10.0 Å². The normalized spacial score (nSPS) is 15.4. The average molecular weight is 460 g/mol. The Kier molecular flexibility index (Phi) is 7.87. The van der Waals surface area contributed by atoms with Crippen LogP contribution in [0, 0.1) is 11.8 Å². The molecule has 0 atom stereocenters. The molecule has 8 nitrogen and oxygen atoms in total. The summed E-state index contributed by atoms with van der Waals surface area (Å²) < 4.78 is 33.1. The summed E-state index contributed by atoms with van der Waals surface area (Å²) in [5.41, 5.74) is 0.556. The minimum atomic E-state index is -3.65. The standard InChI is InChI=1S/C23H29N3O5S/c1-17(2)23(28)25-19-5-8-21(9-6-19)32(29,30)24-16-18-11-13-26(14-12-18)22(27)10-7-20-4-3-15-31-20/h3-10,15,17-18,24H,11-14,16H2,1-2H3,(H,25,28)/b10-7+. The summed E-state index contributed by atoms with van der Waals surface area (Å²) in [6, 6.07) is 9.65. The fourth-order valence-electron chi connectivity index (χ4n) is 3.32. The second kappa shape index (κ2) is 10.6. The number of hydrogen-bond donors (Lipinski definition) is 2. The topological polar surface area (TPSA) is 109 Å². The zero-order valence-corrected chi connectivity index (χ0v) is 19.1. The smallest absolute Gasteiger partial charge is 0.246 e. The van der Waals surface area contributed by atoms with Crippen LogP contribution in [0.5, 0.6) is 0 Å². The van der Waals surface area contributed by atoms with Crippen molar-refractivity contribution < 1.29 is 22.4 Å². The maximum absolute atomic E-state index is 12.6. The molecule has 1 aromatic heterocycles. The van der Waals surface area contributed by atoms with E-state index in [2.05, 4.69) is 10.0 Å². The second-order valence-corrected chi connectivity index (χ2v) is 9.90. The van der Waals surface area contributed by atoms with Gasteiger partial charge >= 0.3 is 0 Å². The first-order valence-corrected chi connectivity index (χ1v) is 12.1. The number of carbonyl (C=O) groups is 2. The average Bonchev–Trinajstić information content (AvgIpc) is 3.30. The van der Waals surface area contributed by atoms with Crippen molar-refractivity contribution in [3.63, 3.8) is 0 Å².